The largest absolute Gasteiger partial charge is 0.304 e. The Morgan fingerprint density at radius 3 is 3.11 bits per heavy atom. The third-order valence-electron chi connectivity index (χ3n) is 3.82. The van der Waals surface area contributed by atoms with Gasteiger partial charge in [0.2, 0.25) is 0 Å². The van der Waals surface area contributed by atoms with E-state index in [4.69, 9.17) is 0 Å². The number of aromatic nitrogens is 1. The highest BCUT2D eigenvalue weighted by Gasteiger charge is 2.22. The lowest BCUT2D eigenvalue weighted by molar-refractivity contribution is 0.524. The second kappa shape index (κ2) is 5.43. The van der Waals surface area contributed by atoms with Crippen molar-refractivity contribution in [1.29, 1.82) is 0 Å². The van der Waals surface area contributed by atoms with Crippen LogP contribution in [-0.2, 0) is 13.0 Å². The van der Waals surface area contributed by atoms with Crippen LogP contribution in [0.15, 0.2) is 41.0 Å². The van der Waals surface area contributed by atoms with Crippen LogP contribution in [0.5, 0.6) is 0 Å². The smallest absolute Gasteiger partial charge is 0.0570 e. The summed E-state index contributed by atoms with van der Waals surface area (Å²) in [6.45, 7) is 2.95. The number of nitrogens with one attached hydrogen (secondary N) is 1. The predicted octanol–water partition coefficient (Wildman–Crippen LogP) is 3.93. The minimum Gasteiger partial charge on any atom is -0.304 e. The van der Waals surface area contributed by atoms with Crippen LogP contribution in [0.2, 0.25) is 0 Å². The van der Waals surface area contributed by atoms with E-state index in [0.717, 1.165) is 18.7 Å². The lowest BCUT2D eigenvalue weighted by atomic mass is 10.1. The van der Waals surface area contributed by atoms with E-state index >= 15 is 0 Å². The minimum absolute atomic E-state index is 0.463. The summed E-state index contributed by atoms with van der Waals surface area (Å²) in [5.74, 6) is 0. The highest BCUT2D eigenvalue weighted by molar-refractivity contribution is 9.10. The Balaban J connectivity index is 1.72. The molecule has 3 rings (SSSR count). The fourth-order valence-corrected chi connectivity index (χ4v) is 3.13. The number of benzene rings is 1. The first-order chi connectivity index (χ1) is 9.24. The van der Waals surface area contributed by atoms with E-state index in [1.807, 2.05) is 12.3 Å². The fourth-order valence-electron chi connectivity index (χ4n) is 2.72. The lowest BCUT2D eigenvalue weighted by Crippen LogP contribution is -2.19. The van der Waals surface area contributed by atoms with E-state index in [1.165, 1.54) is 27.6 Å². The third-order valence-corrected chi connectivity index (χ3v) is 4.31. The first-order valence-electron chi connectivity index (χ1n) is 6.66. The third kappa shape index (κ3) is 2.72. The molecule has 1 aromatic carbocycles. The van der Waals surface area contributed by atoms with Gasteiger partial charge in [-0.25, -0.2) is 0 Å². The Hall–Kier alpha value is -1.19. The Morgan fingerprint density at radius 2 is 2.26 bits per heavy atom. The quantitative estimate of drug-likeness (QED) is 0.928. The molecule has 19 heavy (non-hydrogen) atoms. The maximum atomic E-state index is 4.44. The molecule has 0 spiro atoms. The predicted molar refractivity (Wildman–Crippen MR) is 81.0 cm³/mol. The van der Waals surface area contributed by atoms with Gasteiger partial charge >= 0.3 is 0 Å². The van der Waals surface area contributed by atoms with E-state index in [9.17, 15) is 0 Å². The molecule has 1 unspecified atom stereocenters. The van der Waals surface area contributed by atoms with Gasteiger partial charge in [-0.15, -0.1) is 0 Å². The Morgan fingerprint density at radius 1 is 1.37 bits per heavy atom. The van der Waals surface area contributed by atoms with Crippen LogP contribution < -0.4 is 5.32 Å². The van der Waals surface area contributed by atoms with Gasteiger partial charge in [0, 0.05) is 23.3 Å². The molecule has 0 radical (unpaired) electrons. The van der Waals surface area contributed by atoms with Crippen LogP contribution in [0.3, 0.4) is 0 Å². The summed E-state index contributed by atoms with van der Waals surface area (Å²) in [6, 6.07) is 11.2. The molecule has 1 aliphatic rings. The zero-order valence-electron chi connectivity index (χ0n) is 11.0. The van der Waals surface area contributed by atoms with Crippen molar-refractivity contribution >= 4 is 15.9 Å². The van der Waals surface area contributed by atoms with Gasteiger partial charge in [-0.1, -0.05) is 28.1 Å². The van der Waals surface area contributed by atoms with Crippen LogP contribution in [0.25, 0.3) is 0 Å². The van der Waals surface area contributed by atoms with Crippen molar-refractivity contribution in [3.8, 4) is 0 Å². The molecule has 3 heteroatoms. The second-order valence-electron chi connectivity index (χ2n) is 5.08. The summed E-state index contributed by atoms with van der Waals surface area (Å²) in [5.41, 5.74) is 5.30. The molecule has 98 valence electrons. The van der Waals surface area contributed by atoms with Crippen molar-refractivity contribution < 1.29 is 0 Å². The van der Waals surface area contributed by atoms with Gasteiger partial charge in [-0.05, 0) is 54.7 Å². The highest BCUT2D eigenvalue weighted by Crippen LogP contribution is 2.33. The number of aryl methyl sites for hydroxylation is 2. The highest BCUT2D eigenvalue weighted by atomic mass is 79.9. The number of hydrogen-bond acceptors (Lipinski definition) is 2. The minimum atomic E-state index is 0.463. The summed E-state index contributed by atoms with van der Waals surface area (Å²) in [6.07, 6.45) is 4.20. The molecule has 0 aliphatic heterocycles. The number of pyridine rings is 1. The summed E-state index contributed by atoms with van der Waals surface area (Å²) in [7, 11) is 0. The van der Waals surface area contributed by atoms with E-state index in [1.54, 1.807) is 0 Å². The second-order valence-corrected chi connectivity index (χ2v) is 6.00. The van der Waals surface area contributed by atoms with Gasteiger partial charge in [0.15, 0.2) is 0 Å². The molecule has 1 aliphatic carbocycles. The molecule has 2 nitrogen and oxygen atoms in total. The van der Waals surface area contributed by atoms with Crippen molar-refractivity contribution in [2.75, 3.05) is 0 Å². The normalized spacial score (nSPS) is 17.5. The van der Waals surface area contributed by atoms with Gasteiger partial charge < -0.3 is 5.32 Å². The van der Waals surface area contributed by atoms with Gasteiger partial charge in [0.05, 0.1) is 5.69 Å². The Labute approximate surface area is 122 Å². The van der Waals surface area contributed by atoms with E-state index in [0.29, 0.717) is 6.04 Å². The summed E-state index contributed by atoms with van der Waals surface area (Å²) in [4.78, 5) is 4.44. The average molecular weight is 317 g/mol. The van der Waals surface area contributed by atoms with Gasteiger partial charge in [0.1, 0.15) is 0 Å². The van der Waals surface area contributed by atoms with Crippen LogP contribution in [0, 0.1) is 6.92 Å². The van der Waals surface area contributed by atoms with Crippen LogP contribution in [0.1, 0.15) is 34.8 Å². The molecule has 0 bridgehead atoms. The van der Waals surface area contributed by atoms with Crippen molar-refractivity contribution in [1.82, 2.24) is 10.3 Å². The van der Waals surface area contributed by atoms with Crippen molar-refractivity contribution in [2.24, 2.45) is 0 Å². The zero-order valence-corrected chi connectivity index (χ0v) is 12.6. The summed E-state index contributed by atoms with van der Waals surface area (Å²) >= 11 is 3.54. The molecule has 2 aromatic rings. The molecule has 1 N–H and O–H groups in total. The first kappa shape index (κ1) is 12.8. The van der Waals surface area contributed by atoms with Crippen LogP contribution in [0.4, 0.5) is 0 Å². The number of nitrogens with zero attached hydrogens (tertiary/aromatic N) is 1. The van der Waals surface area contributed by atoms with E-state index in [-0.39, 0.29) is 0 Å². The van der Waals surface area contributed by atoms with Crippen molar-refractivity contribution in [2.45, 2.75) is 32.4 Å². The molecular formula is C16H17BrN2. The van der Waals surface area contributed by atoms with Gasteiger partial charge in [-0.2, -0.15) is 0 Å². The van der Waals surface area contributed by atoms with Gasteiger partial charge in [-0.3, -0.25) is 4.98 Å². The van der Waals surface area contributed by atoms with E-state index in [2.05, 4.69) is 57.4 Å². The SMILES string of the molecule is Cc1cccnc1CNC1CCc2cc(Br)ccc21. The van der Waals surface area contributed by atoms with E-state index < -0.39 is 0 Å². The summed E-state index contributed by atoms with van der Waals surface area (Å²) < 4.78 is 1.17. The van der Waals surface area contributed by atoms with Crippen molar-refractivity contribution in [3.63, 3.8) is 0 Å². The molecule has 0 saturated carbocycles. The lowest BCUT2D eigenvalue weighted by Gasteiger charge is -2.14. The Bertz CT molecular complexity index is 595. The average Bonchev–Trinajstić information content (AvgIpc) is 2.80. The molecule has 1 aromatic heterocycles. The zero-order chi connectivity index (χ0) is 13.2. The summed E-state index contributed by atoms with van der Waals surface area (Å²) in [5, 5.41) is 3.64. The molecule has 1 atom stereocenters. The maximum Gasteiger partial charge on any atom is 0.0570 e. The molecule has 0 amide bonds. The van der Waals surface area contributed by atoms with Crippen molar-refractivity contribution in [3.05, 3.63) is 63.4 Å². The monoisotopic (exact) mass is 316 g/mol. The standard InChI is InChI=1S/C16H17BrN2/c1-11-3-2-8-18-16(11)10-19-15-7-4-12-9-13(17)5-6-14(12)15/h2-3,5-6,8-9,15,19H,4,7,10H2,1H3. The molecule has 0 fully saturated rings. The molecular weight excluding hydrogens is 300 g/mol. The topological polar surface area (TPSA) is 24.9 Å². The number of fused-ring (bicyclic) bond motifs is 1. The first-order valence-corrected chi connectivity index (χ1v) is 7.45. The maximum absolute atomic E-state index is 4.44. The van der Waals surface area contributed by atoms with Gasteiger partial charge in [0.25, 0.3) is 0 Å². The van der Waals surface area contributed by atoms with Crippen LogP contribution >= 0.6 is 15.9 Å². The number of hydrogen-bond donors (Lipinski definition) is 1. The number of rotatable bonds is 3. The molecule has 0 saturated heterocycles. The fraction of sp³-hybridized carbons (Fsp3) is 0.312. The number of halogens is 1. The Kier molecular flexibility index (Phi) is 3.67. The molecule has 1 heterocycles. The van der Waals surface area contributed by atoms with Crippen LogP contribution in [-0.4, -0.2) is 4.98 Å².